The van der Waals surface area contributed by atoms with Gasteiger partial charge < -0.3 is 10.2 Å². The number of amides is 2. The Morgan fingerprint density at radius 3 is 2.29 bits per heavy atom. The number of halogens is 3. The summed E-state index contributed by atoms with van der Waals surface area (Å²) in [6.07, 6.45) is 4.19. The summed E-state index contributed by atoms with van der Waals surface area (Å²) >= 11 is 18.7. The maximum absolute atomic E-state index is 14.2. The predicted octanol–water partition coefficient (Wildman–Crippen LogP) is 7.02. The molecule has 11 heteroatoms. The first-order chi connectivity index (χ1) is 20.0. The molecule has 0 spiro atoms. The summed E-state index contributed by atoms with van der Waals surface area (Å²) in [6, 6.07) is 17.0. The lowest BCUT2D eigenvalue weighted by Gasteiger charge is -2.34. The van der Waals surface area contributed by atoms with Crippen LogP contribution in [0, 0.1) is 6.92 Å². The summed E-state index contributed by atoms with van der Waals surface area (Å²) < 4.78 is 29.1. The summed E-state index contributed by atoms with van der Waals surface area (Å²) in [7, 11) is -4.19. The molecule has 1 atom stereocenters. The molecule has 0 radical (unpaired) electrons. The van der Waals surface area contributed by atoms with Crippen molar-refractivity contribution in [2.24, 2.45) is 0 Å². The van der Waals surface area contributed by atoms with Crippen LogP contribution in [-0.4, -0.2) is 43.8 Å². The van der Waals surface area contributed by atoms with Gasteiger partial charge in [-0.15, -0.1) is 0 Å². The second-order valence-electron chi connectivity index (χ2n) is 10.4. The fraction of sp³-hybridized carbons (Fsp3) is 0.355. The van der Waals surface area contributed by atoms with Crippen LogP contribution in [0.15, 0.2) is 71.6 Å². The van der Waals surface area contributed by atoms with Gasteiger partial charge in [-0.2, -0.15) is 0 Å². The molecule has 1 aliphatic carbocycles. The molecule has 3 aromatic rings. The summed E-state index contributed by atoms with van der Waals surface area (Å²) in [5.74, 6) is -0.817. The predicted molar refractivity (Wildman–Crippen MR) is 169 cm³/mol. The Morgan fingerprint density at radius 2 is 1.64 bits per heavy atom. The number of hydrogen-bond donors (Lipinski definition) is 1. The van der Waals surface area contributed by atoms with E-state index in [0.29, 0.717) is 32.6 Å². The summed E-state index contributed by atoms with van der Waals surface area (Å²) in [5, 5.41) is 4.10. The second kappa shape index (κ2) is 14.1. The zero-order valence-electron chi connectivity index (χ0n) is 23.5. The van der Waals surface area contributed by atoms with Crippen LogP contribution in [0.2, 0.25) is 15.1 Å². The normalized spacial score (nSPS) is 14.4. The molecule has 1 saturated carbocycles. The van der Waals surface area contributed by atoms with Crippen LogP contribution in [0.4, 0.5) is 5.69 Å². The van der Waals surface area contributed by atoms with Crippen LogP contribution >= 0.6 is 34.8 Å². The van der Waals surface area contributed by atoms with Crippen molar-refractivity contribution in [3.8, 4) is 0 Å². The van der Waals surface area contributed by atoms with Gasteiger partial charge in [-0.3, -0.25) is 13.9 Å². The van der Waals surface area contributed by atoms with E-state index in [9.17, 15) is 18.0 Å². The van der Waals surface area contributed by atoms with Crippen LogP contribution in [0.5, 0.6) is 0 Å². The Hall–Kier alpha value is -2.78. The lowest BCUT2D eigenvalue weighted by molar-refractivity contribution is -0.140. The minimum Gasteiger partial charge on any atom is -0.352 e. The van der Waals surface area contributed by atoms with Gasteiger partial charge in [-0.1, -0.05) is 84.9 Å². The molecule has 7 nitrogen and oxygen atoms in total. The smallest absolute Gasteiger partial charge is 0.264 e. The Bertz CT molecular complexity index is 1530. The zero-order chi connectivity index (χ0) is 30.4. The molecule has 3 aromatic carbocycles. The summed E-state index contributed by atoms with van der Waals surface area (Å²) in [4.78, 5) is 29.3. The average molecular weight is 651 g/mol. The molecule has 0 unspecified atom stereocenters. The van der Waals surface area contributed by atoms with E-state index in [1.54, 1.807) is 55.5 Å². The second-order valence-corrected chi connectivity index (χ2v) is 13.6. The van der Waals surface area contributed by atoms with Crippen LogP contribution < -0.4 is 9.62 Å². The SMILES string of the molecule is CC[C@@H](C(=O)NC1CCCC1)N(Cc1ccc(Cl)c(Cl)c1)C(=O)CN(c1cc(Cl)ccc1C)S(=O)(=O)c1ccccc1. The highest BCUT2D eigenvalue weighted by Crippen LogP contribution is 2.31. The van der Waals surface area contributed by atoms with Gasteiger partial charge in [0.25, 0.3) is 10.0 Å². The van der Waals surface area contributed by atoms with Crippen molar-refractivity contribution in [1.29, 1.82) is 0 Å². The van der Waals surface area contributed by atoms with Crippen molar-refractivity contribution >= 4 is 62.3 Å². The van der Waals surface area contributed by atoms with Crippen molar-refractivity contribution in [2.75, 3.05) is 10.8 Å². The molecule has 224 valence electrons. The van der Waals surface area contributed by atoms with E-state index < -0.39 is 28.5 Å². The van der Waals surface area contributed by atoms with E-state index in [2.05, 4.69) is 5.32 Å². The third-order valence-corrected chi connectivity index (χ3v) is 10.2. The topological polar surface area (TPSA) is 86.8 Å². The molecule has 0 aromatic heterocycles. The maximum Gasteiger partial charge on any atom is 0.264 e. The number of aryl methyl sites for hydroxylation is 1. The number of benzene rings is 3. The summed E-state index contributed by atoms with van der Waals surface area (Å²) in [5.41, 5.74) is 1.55. The van der Waals surface area contributed by atoms with Gasteiger partial charge in [0.1, 0.15) is 12.6 Å². The number of nitrogens with zero attached hydrogens (tertiary/aromatic N) is 2. The number of anilines is 1. The van der Waals surface area contributed by atoms with E-state index in [-0.39, 0.29) is 29.1 Å². The van der Waals surface area contributed by atoms with Crippen molar-refractivity contribution in [1.82, 2.24) is 10.2 Å². The highest BCUT2D eigenvalue weighted by atomic mass is 35.5. The number of hydrogen-bond acceptors (Lipinski definition) is 4. The lowest BCUT2D eigenvalue weighted by Crippen LogP contribution is -2.53. The van der Waals surface area contributed by atoms with Crippen LogP contribution in [0.3, 0.4) is 0 Å². The van der Waals surface area contributed by atoms with Crippen molar-refractivity contribution in [2.45, 2.75) is 69.5 Å². The van der Waals surface area contributed by atoms with Gasteiger partial charge in [0.2, 0.25) is 11.8 Å². The fourth-order valence-electron chi connectivity index (χ4n) is 5.21. The largest absolute Gasteiger partial charge is 0.352 e. The van der Waals surface area contributed by atoms with E-state index >= 15 is 0 Å². The van der Waals surface area contributed by atoms with Gasteiger partial charge in [0.05, 0.1) is 20.6 Å². The highest BCUT2D eigenvalue weighted by molar-refractivity contribution is 7.92. The Morgan fingerprint density at radius 1 is 0.952 bits per heavy atom. The van der Waals surface area contributed by atoms with Gasteiger partial charge in [0, 0.05) is 17.6 Å². The number of carbonyl (C=O) groups excluding carboxylic acids is 2. The molecule has 0 saturated heterocycles. The van der Waals surface area contributed by atoms with E-state index in [0.717, 1.165) is 30.0 Å². The highest BCUT2D eigenvalue weighted by Gasteiger charge is 2.35. The van der Waals surface area contributed by atoms with Crippen LogP contribution in [-0.2, 0) is 26.2 Å². The minimum absolute atomic E-state index is 0.0271. The molecule has 0 heterocycles. The van der Waals surface area contributed by atoms with Crippen LogP contribution in [0.1, 0.15) is 50.2 Å². The molecule has 4 rings (SSSR count). The van der Waals surface area contributed by atoms with Crippen molar-refractivity contribution in [3.05, 3.63) is 92.9 Å². The molecule has 1 N–H and O–H groups in total. The first kappa shape index (κ1) is 32.1. The number of nitrogens with one attached hydrogen (secondary N) is 1. The first-order valence-electron chi connectivity index (χ1n) is 13.9. The van der Waals surface area contributed by atoms with Gasteiger partial charge in [-0.25, -0.2) is 8.42 Å². The van der Waals surface area contributed by atoms with Crippen LogP contribution in [0.25, 0.3) is 0 Å². The fourth-order valence-corrected chi connectivity index (χ4v) is 7.18. The van der Waals surface area contributed by atoms with Gasteiger partial charge >= 0.3 is 0 Å². The molecular formula is C31H34Cl3N3O4S. The van der Waals surface area contributed by atoms with E-state index in [1.807, 2.05) is 6.92 Å². The van der Waals surface area contributed by atoms with Crippen molar-refractivity contribution < 1.29 is 18.0 Å². The summed E-state index contributed by atoms with van der Waals surface area (Å²) in [6.45, 7) is 3.06. The number of sulfonamides is 1. The first-order valence-corrected chi connectivity index (χ1v) is 16.5. The molecule has 0 bridgehead atoms. The molecule has 1 aliphatic rings. The number of carbonyl (C=O) groups is 2. The third-order valence-electron chi connectivity index (χ3n) is 7.47. The zero-order valence-corrected chi connectivity index (χ0v) is 26.6. The standard InChI is InChI=1S/C31H34Cl3N3O4S/c1-3-28(31(39)35-24-9-7-8-10-24)36(19-22-14-16-26(33)27(34)17-22)30(38)20-37(29-18-23(32)15-13-21(29)2)42(40,41)25-11-5-4-6-12-25/h4-6,11-18,24,28H,3,7-10,19-20H2,1-2H3,(H,35,39)/t28-/m0/s1. The number of rotatable bonds is 11. The van der Waals surface area contributed by atoms with Crippen molar-refractivity contribution in [3.63, 3.8) is 0 Å². The van der Waals surface area contributed by atoms with Gasteiger partial charge in [-0.05, 0) is 73.7 Å². The lowest BCUT2D eigenvalue weighted by atomic mass is 10.1. The molecule has 0 aliphatic heterocycles. The van der Waals surface area contributed by atoms with E-state index in [4.69, 9.17) is 34.8 Å². The molecule has 2 amide bonds. The Labute approximate surface area is 262 Å². The maximum atomic E-state index is 14.2. The molecule has 42 heavy (non-hydrogen) atoms. The molecule has 1 fully saturated rings. The minimum atomic E-state index is -4.19. The third kappa shape index (κ3) is 7.59. The Balaban J connectivity index is 1.75. The quantitative estimate of drug-likeness (QED) is 0.242. The average Bonchev–Trinajstić information content (AvgIpc) is 3.48. The van der Waals surface area contributed by atoms with E-state index in [1.165, 1.54) is 23.1 Å². The van der Waals surface area contributed by atoms with Gasteiger partial charge in [0.15, 0.2) is 0 Å². The monoisotopic (exact) mass is 649 g/mol. The molecular weight excluding hydrogens is 617 g/mol. The Kier molecular flexibility index (Phi) is 10.8.